The molecule has 0 atom stereocenters. The standard InChI is InChI=1S/C21H28N6O2/c1-17-22-20(26-9-7-24(16-28)8-10-26)15-21(23-17)27-13-11-25(12-14-27)18-3-5-19(29-2)6-4-18/h3-6,15-16H,7-14H2,1-2H3. The van der Waals surface area contributed by atoms with Crippen LogP contribution >= 0.6 is 0 Å². The van der Waals surface area contributed by atoms with Crippen LogP contribution in [-0.4, -0.2) is 80.7 Å². The fraction of sp³-hybridized carbons (Fsp3) is 0.476. The van der Waals surface area contributed by atoms with Crippen molar-refractivity contribution in [3.8, 4) is 5.75 Å². The van der Waals surface area contributed by atoms with Crippen LogP contribution < -0.4 is 19.4 Å². The summed E-state index contributed by atoms with van der Waals surface area (Å²) in [5, 5.41) is 0. The van der Waals surface area contributed by atoms with Crippen LogP contribution in [0.1, 0.15) is 5.82 Å². The van der Waals surface area contributed by atoms with E-state index < -0.39 is 0 Å². The number of hydrogen-bond donors (Lipinski definition) is 0. The van der Waals surface area contributed by atoms with E-state index in [2.05, 4.69) is 37.9 Å². The molecule has 0 spiro atoms. The molecule has 8 heteroatoms. The lowest BCUT2D eigenvalue weighted by Crippen LogP contribution is -2.47. The molecule has 0 bridgehead atoms. The molecule has 0 unspecified atom stereocenters. The van der Waals surface area contributed by atoms with Crippen molar-refractivity contribution in [2.45, 2.75) is 6.92 Å². The number of anilines is 3. The molecule has 1 amide bonds. The van der Waals surface area contributed by atoms with Gasteiger partial charge in [-0.3, -0.25) is 4.79 Å². The second-order valence-corrected chi connectivity index (χ2v) is 7.43. The minimum Gasteiger partial charge on any atom is -0.497 e. The number of hydrogen-bond acceptors (Lipinski definition) is 7. The number of benzene rings is 1. The third kappa shape index (κ3) is 4.36. The predicted octanol–water partition coefficient (Wildman–Crippen LogP) is 1.40. The molecule has 2 saturated heterocycles. The Kier molecular flexibility index (Phi) is 5.69. The third-order valence-electron chi connectivity index (χ3n) is 5.64. The molecule has 29 heavy (non-hydrogen) atoms. The first kappa shape index (κ1) is 19.3. The number of nitrogens with zero attached hydrogens (tertiary/aromatic N) is 6. The summed E-state index contributed by atoms with van der Waals surface area (Å²) < 4.78 is 5.25. The van der Waals surface area contributed by atoms with E-state index in [-0.39, 0.29) is 0 Å². The summed E-state index contributed by atoms with van der Waals surface area (Å²) in [4.78, 5) is 29.1. The summed E-state index contributed by atoms with van der Waals surface area (Å²) in [6.07, 6.45) is 0.927. The average Bonchev–Trinajstić information content (AvgIpc) is 2.79. The summed E-state index contributed by atoms with van der Waals surface area (Å²) in [7, 11) is 1.69. The number of methoxy groups -OCH3 is 1. The highest BCUT2D eigenvalue weighted by Crippen LogP contribution is 2.24. The van der Waals surface area contributed by atoms with Crippen LogP contribution in [0.25, 0.3) is 0 Å². The van der Waals surface area contributed by atoms with Crippen LogP contribution in [0.4, 0.5) is 17.3 Å². The van der Waals surface area contributed by atoms with Gasteiger partial charge in [0.2, 0.25) is 6.41 Å². The zero-order valence-electron chi connectivity index (χ0n) is 17.1. The minimum atomic E-state index is 0.739. The lowest BCUT2D eigenvalue weighted by atomic mass is 10.2. The SMILES string of the molecule is COc1ccc(N2CCN(c3cc(N4CCN(C=O)CC4)nc(C)n3)CC2)cc1. The van der Waals surface area contributed by atoms with Gasteiger partial charge in [0, 0.05) is 64.1 Å². The zero-order valence-corrected chi connectivity index (χ0v) is 17.1. The maximum absolute atomic E-state index is 10.9. The Hall–Kier alpha value is -3.03. The highest BCUT2D eigenvalue weighted by Gasteiger charge is 2.22. The van der Waals surface area contributed by atoms with Crippen LogP contribution in [0.15, 0.2) is 30.3 Å². The summed E-state index contributed by atoms with van der Waals surface area (Å²) in [6, 6.07) is 10.3. The molecule has 0 N–H and O–H groups in total. The van der Waals surface area contributed by atoms with Gasteiger partial charge >= 0.3 is 0 Å². The van der Waals surface area contributed by atoms with Crippen LogP contribution in [0.2, 0.25) is 0 Å². The van der Waals surface area contributed by atoms with Crippen LogP contribution in [0.3, 0.4) is 0 Å². The molecule has 2 aliphatic heterocycles. The Morgan fingerprint density at radius 2 is 1.34 bits per heavy atom. The monoisotopic (exact) mass is 396 g/mol. The van der Waals surface area contributed by atoms with Crippen molar-refractivity contribution in [1.82, 2.24) is 14.9 Å². The maximum Gasteiger partial charge on any atom is 0.209 e. The zero-order chi connectivity index (χ0) is 20.2. The molecule has 0 radical (unpaired) electrons. The number of ether oxygens (including phenoxy) is 1. The molecule has 0 aliphatic carbocycles. The van der Waals surface area contributed by atoms with E-state index in [9.17, 15) is 4.79 Å². The Morgan fingerprint density at radius 1 is 0.828 bits per heavy atom. The van der Waals surface area contributed by atoms with Gasteiger partial charge in [0.05, 0.1) is 7.11 Å². The lowest BCUT2D eigenvalue weighted by molar-refractivity contribution is -0.118. The maximum atomic E-state index is 10.9. The summed E-state index contributed by atoms with van der Waals surface area (Å²) in [5.74, 6) is 3.61. The van der Waals surface area contributed by atoms with E-state index in [1.165, 1.54) is 5.69 Å². The van der Waals surface area contributed by atoms with Crippen molar-refractivity contribution in [2.75, 3.05) is 74.2 Å². The highest BCUT2D eigenvalue weighted by atomic mass is 16.5. The summed E-state index contributed by atoms with van der Waals surface area (Å²) >= 11 is 0. The second kappa shape index (κ2) is 8.55. The number of piperazine rings is 2. The van der Waals surface area contributed by atoms with Crippen LogP contribution in [0.5, 0.6) is 5.75 Å². The van der Waals surface area contributed by atoms with E-state index in [4.69, 9.17) is 9.72 Å². The van der Waals surface area contributed by atoms with Crippen molar-refractivity contribution < 1.29 is 9.53 Å². The van der Waals surface area contributed by atoms with Gasteiger partial charge in [0.15, 0.2) is 0 Å². The first-order valence-corrected chi connectivity index (χ1v) is 10.1. The largest absolute Gasteiger partial charge is 0.497 e. The molecule has 2 aliphatic rings. The van der Waals surface area contributed by atoms with Crippen molar-refractivity contribution in [3.63, 3.8) is 0 Å². The first-order chi connectivity index (χ1) is 14.2. The number of carbonyl (C=O) groups excluding carboxylic acids is 1. The fourth-order valence-electron chi connectivity index (χ4n) is 3.90. The quantitative estimate of drug-likeness (QED) is 0.708. The van der Waals surface area contributed by atoms with Gasteiger partial charge < -0.3 is 24.3 Å². The van der Waals surface area contributed by atoms with Gasteiger partial charge in [-0.1, -0.05) is 0 Å². The van der Waals surface area contributed by atoms with Gasteiger partial charge in [-0.15, -0.1) is 0 Å². The van der Waals surface area contributed by atoms with Crippen LogP contribution in [-0.2, 0) is 4.79 Å². The smallest absolute Gasteiger partial charge is 0.209 e. The van der Waals surface area contributed by atoms with Gasteiger partial charge in [-0.05, 0) is 31.2 Å². The Balaban J connectivity index is 1.41. The van der Waals surface area contributed by atoms with Gasteiger partial charge in [0.1, 0.15) is 23.2 Å². The number of aryl methyl sites for hydroxylation is 1. The number of amides is 1. The molecule has 0 saturated carbocycles. The molecular weight excluding hydrogens is 368 g/mol. The van der Waals surface area contributed by atoms with E-state index in [0.717, 1.165) is 82.0 Å². The molecule has 3 heterocycles. The van der Waals surface area contributed by atoms with Gasteiger partial charge in [-0.2, -0.15) is 0 Å². The van der Waals surface area contributed by atoms with E-state index in [0.29, 0.717) is 0 Å². The minimum absolute atomic E-state index is 0.739. The number of aromatic nitrogens is 2. The molecule has 2 fully saturated rings. The Morgan fingerprint density at radius 3 is 1.86 bits per heavy atom. The van der Waals surface area contributed by atoms with Crippen molar-refractivity contribution in [2.24, 2.45) is 0 Å². The average molecular weight is 396 g/mol. The summed E-state index contributed by atoms with van der Waals surface area (Å²) in [5.41, 5.74) is 1.22. The highest BCUT2D eigenvalue weighted by molar-refractivity contribution is 5.55. The Bertz CT molecular complexity index is 828. The molecule has 154 valence electrons. The summed E-state index contributed by atoms with van der Waals surface area (Å²) in [6.45, 7) is 8.76. The molecule has 8 nitrogen and oxygen atoms in total. The first-order valence-electron chi connectivity index (χ1n) is 10.1. The molecule has 2 aromatic rings. The van der Waals surface area contributed by atoms with Gasteiger partial charge in [-0.25, -0.2) is 9.97 Å². The molecule has 4 rings (SSSR count). The van der Waals surface area contributed by atoms with E-state index in [1.54, 1.807) is 7.11 Å². The van der Waals surface area contributed by atoms with Crippen molar-refractivity contribution in [3.05, 3.63) is 36.2 Å². The van der Waals surface area contributed by atoms with Gasteiger partial charge in [0.25, 0.3) is 0 Å². The number of carbonyl (C=O) groups is 1. The fourth-order valence-corrected chi connectivity index (χ4v) is 3.90. The topological polar surface area (TPSA) is 65.0 Å². The van der Waals surface area contributed by atoms with E-state index >= 15 is 0 Å². The molecular formula is C21H28N6O2. The molecule has 1 aromatic carbocycles. The predicted molar refractivity (Wildman–Crippen MR) is 114 cm³/mol. The molecule has 1 aromatic heterocycles. The number of rotatable bonds is 5. The van der Waals surface area contributed by atoms with Crippen molar-refractivity contribution >= 4 is 23.7 Å². The second-order valence-electron chi connectivity index (χ2n) is 7.43. The lowest BCUT2D eigenvalue weighted by Gasteiger charge is -2.37. The van der Waals surface area contributed by atoms with Crippen LogP contribution in [0, 0.1) is 6.92 Å². The third-order valence-corrected chi connectivity index (χ3v) is 5.64. The van der Waals surface area contributed by atoms with Crippen molar-refractivity contribution in [1.29, 1.82) is 0 Å². The Labute approximate surface area is 171 Å². The normalized spacial score (nSPS) is 17.4. The van der Waals surface area contributed by atoms with E-state index in [1.807, 2.05) is 24.0 Å².